The molecule has 10 heavy (non-hydrogen) atoms. The van der Waals surface area contributed by atoms with E-state index in [1.54, 1.807) is 0 Å². The van der Waals surface area contributed by atoms with Gasteiger partial charge in [-0.2, -0.15) is 0 Å². The summed E-state index contributed by atoms with van der Waals surface area (Å²) in [5.74, 6) is -0.716. The summed E-state index contributed by atoms with van der Waals surface area (Å²) < 4.78 is 0. The molecule has 0 aromatic heterocycles. The molecule has 4 heteroatoms. The fourth-order valence-corrected chi connectivity index (χ4v) is 0.597. The molecule has 0 aliphatic carbocycles. The summed E-state index contributed by atoms with van der Waals surface area (Å²) in [5.41, 5.74) is 5.20. The van der Waals surface area contributed by atoms with Crippen LogP contribution >= 0.6 is 0 Å². The number of unbranched alkanes of at least 4 members (excludes halogenated alkanes) is 2. The van der Waals surface area contributed by atoms with Gasteiger partial charge in [-0.1, -0.05) is 6.42 Å². The number of rotatable bonds is 5. The third kappa shape index (κ3) is 10.9. The number of carboxylic acid groups (broad SMARTS) is 1. The van der Waals surface area contributed by atoms with Crippen LogP contribution in [0.15, 0.2) is 0 Å². The van der Waals surface area contributed by atoms with E-state index >= 15 is 0 Å². The van der Waals surface area contributed by atoms with Crippen molar-refractivity contribution in [1.82, 2.24) is 0 Å². The molecule has 0 radical (unpaired) electrons. The van der Waals surface area contributed by atoms with E-state index in [9.17, 15) is 4.79 Å². The number of carbonyl (C=O) groups is 1. The fraction of sp³-hybridized carbons (Fsp3) is 0.833. The van der Waals surface area contributed by atoms with E-state index in [0.29, 0.717) is 6.54 Å². The number of hydrogen-bond donors (Lipinski definition) is 2. The van der Waals surface area contributed by atoms with Crippen LogP contribution in [0, 0.1) is 0 Å². The van der Waals surface area contributed by atoms with Crippen molar-refractivity contribution in [3.05, 3.63) is 0 Å². The minimum absolute atomic E-state index is 0. The Hall–Kier alpha value is 0.0534. The van der Waals surface area contributed by atoms with Crippen LogP contribution in [0.4, 0.5) is 0 Å². The molecular formula is C6H13NO2Zn. The molecule has 0 saturated carbocycles. The molecule has 0 aromatic carbocycles. The zero-order chi connectivity index (χ0) is 7.11. The molecule has 3 N–H and O–H groups in total. The first kappa shape index (κ1) is 12.7. The second kappa shape index (κ2) is 9.05. The van der Waals surface area contributed by atoms with Gasteiger partial charge >= 0.3 is 5.97 Å². The van der Waals surface area contributed by atoms with E-state index in [1.807, 2.05) is 0 Å². The summed E-state index contributed by atoms with van der Waals surface area (Å²) in [4.78, 5) is 9.93. The molecule has 0 atom stereocenters. The summed E-state index contributed by atoms with van der Waals surface area (Å²) in [6.07, 6.45) is 2.91. The quantitative estimate of drug-likeness (QED) is 0.500. The Morgan fingerprint density at radius 2 is 1.90 bits per heavy atom. The van der Waals surface area contributed by atoms with E-state index < -0.39 is 5.97 Å². The van der Waals surface area contributed by atoms with Crippen molar-refractivity contribution in [2.45, 2.75) is 25.7 Å². The van der Waals surface area contributed by atoms with Crippen molar-refractivity contribution >= 4 is 5.97 Å². The van der Waals surface area contributed by atoms with E-state index in [-0.39, 0.29) is 25.9 Å². The Kier molecular flexibility index (Phi) is 11.5. The van der Waals surface area contributed by atoms with E-state index in [0.717, 1.165) is 19.3 Å². The fourth-order valence-electron chi connectivity index (χ4n) is 0.597. The van der Waals surface area contributed by atoms with Crippen molar-refractivity contribution in [2.24, 2.45) is 5.73 Å². The van der Waals surface area contributed by atoms with Crippen LogP contribution in [0.2, 0.25) is 0 Å². The molecule has 3 nitrogen and oxygen atoms in total. The van der Waals surface area contributed by atoms with Gasteiger partial charge in [0.2, 0.25) is 0 Å². The molecule has 0 unspecified atom stereocenters. The van der Waals surface area contributed by atoms with Crippen LogP contribution < -0.4 is 5.73 Å². The molecule has 0 rings (SSSR count). The first-order valence-electron chi connectivity index (χ1n) is 3.19. The van der Waals surface area contributed by atoms with Gasteiger partial charge in [-0.15, -0.1) is 0 Å². The molecule has 0 bridgehead atoms. The number of nitrogens with two attached hydrogens (primary N) is 1. The first-order valence-corrected chi connectivity index (χ1v) is 3.19. The van der Waals surface area contributed by atoms with Gasteiger partial charge in [0.1, 0.15) is 0 Å². The molecule has 56 valence electrons. The van der Waals surface area contributed by atoms with Gasteiger partial charge < -0.3 is 10.8 Å². The third-order valence-corrected chi connectivity index (χ3v) is 1.09. The van der Waals surface area contributed by atoms with Gasteiger partial charge in [0.25, 0.3) is 0 Å². The van der Waals surface area contributed by atoms with Crippen molar-refractivity contribution in [3.63, 3.8) is 0 Å². The molecule has 0 amide bonds. The Morgan fingerprint density at radius 3 is 2.30 bits per heavy atom. The summed E-state index contributed by atoms with van der Waals surface area (Å²) in [6.45, 7) is 0.666. The van der Waals surface area contributed by atoms with Crippen LogP contribution in [0.5, 0.6) is 0 Å². The van der Waals surface area contributed by atoms with Crippen molar-refractivity contribution < 1.29 is 29.4 Å². The predicted molar refractivity (Wildman–Crippen MR) is 35.2 cm³/mol. The maximum Gasteiger partial charge on any atom is 0.303 e. The minimum Gasteiger partial charge on any atom is -0.481 e. The molecule has 0 saturated heterocycles. The summed E-state index contributed by atoms with van der Waals surface area (Å²) in [7, 11) is 0. The summed E-state index contributed by atoms with van der Waals surface area (Å²) >= 11 is 0. The van der Waals surface area contributed by atoms with Crippen LogP contribution in [0.3, 0.4) is 0 Å². The Labute approximate surface area is 73.7 Å². The van der Waals surface area contributed by atoms with Crippen LogP contribution in [0.1, 0.15) is 25.7 Å². The van der Waals surface area contributed by atoms with Gasteiger partial charge in [-0.05, 0) is 19.4 Å². The Morgan fingerprint density at radius 1 is 1.30 bits per heavy atom. The standard InChI is InChI=1S/C6H13NO2.Zn/c7-5-3-1-2-4-6(8)9;/h1-5,7H2,(H,8,9);. The topological polar surface area (TPSA) is 63.3 Å². The number of aliphatic carboxylic acids is 1. The smallest absolute Gasteiger partial charge is 0.303 e. The maximum atomic E-state index is 9.93. The van der Waals surface area contributed by atoms with Crippen molar-refractivity contribution in [2.75, 3.05) is 6.54 Å². The van der Waals surface area contributed by atoms with Gasteiger partial charge in [-0.3, -0.25) is 4.79 Å². The summed E-state index contributed by atoms with van der Waals surface area (Å²) in [6, 6.07) is 0. The second-order valence-electron chi connectivity index (χ2n) is 1.99. The largest absolute Gasteiger partial charge is 0.481 e. The number of carboxylic acids is 1. The average Bonchev–Trinajstić information content (AvgIpc) is 1.80. The molecule has 0 aromatic rings. The van der Waals surface area contributed by atoms with E-state index in [1.165, 1.54) is 0 Å². The normalized spacial score (nSPS) is 8.50. The van der Waals surface area contributed by atoms with Gasteiger partial charge in [0, 0.05) is 25.9 Å². The Balaban J connectivity index is 0. The van der Waals surface area contributed by atoms with Crippen molar-refractivity contribution in [3.8, 4) is 0 Å². The van der Waals surface area contributed by atoms with Crippen LogP contribution in [0.25, 0.3) is 0 Å². The molecule has 0 aliphatic heterocycles. The summed E-state index contributed by atoms with van der Waals surface area (Å²) in [5, 5.41) is 8.18. The Bertz CT molecular complexity index is 87.8. The first-order chi connectivity index (χ1) is 4.27. The average molecular weight is 197 g/mol. The van der Waals surface area contributed by atoms with Crippen LogP contribution in [-0.2, 0) is 24.3 Å². The monoisotopic (exact) mass is 195 g/mol. The van der Waals surface area contributed by atoms with E-state index in [2.05, 4.69) is 0 Å². The van der Waals surface area contributed by atoms with Gasteiger partial charge in [0.15, 0.2) is 0 Å². The predicted octanol–water partition coefficient (Wildman–Crippen LogP) is 0.588. The van der Waals surface area contributed by atoms with Gasteiger partial charge in [-0.25, -0.2) is 0 Å². The second-order valence-corrected chi connectivity index (χ2v) is 1.99. The van der Waals surface area contributed by atoms with Crippen molar-refractivity contribution in [1.29, 1.82) is 0 Å². The van der Waals surface area contributed by atoms with Gasteiger partial charge in [0.05, 0.1) is 0 Å². The zero-order valence-electron chi connectivity index (χ0n) is 6.18. The molecule has 0 heterocycles. The molecule has 0 fully saturated rings. The zero-order valence-corrected chi connectivity index (χ0v) is 9.14. The number of hydrogen-bond acceptors (Lipinski definition) is 2. The van der Waals surface area contributed by atoms with Crippen LogP contribution in [-0.4, -0.2) is 17.6 Å². The van der Waals surface area contributed by atoms with E-state index in [4.69, 9.17) is 10.8 Å². The maximum absolute atomic E-state index is 9.93. The SMILES string of the molecule is NCCCCCC(=O)O.[Zn]. The molecule has 0 spiro atoms. The molecule has 0 aliphatic rings. The third-order valence-electron chi connectivity index (χ3n) is 1.09. The molecular weight excluding hydrogens is 183 g/mol. The minimum atomic E-state index is -0.716.